The van der Waals surface area contributed by atoms with Crippen molar-refractivity contribution in [1.82, 2.24) is 19.5 Å². The first-order chi connectivity index (χ1) is 27.8. The van der Waals surface area contributed by atoms with Crippen molar-refractivity contribution in [2.75, 3.05) is 0 Å². The van der Waals surface area contributed by atoms with Crippen molar-refractivity contribution in [3.05, 3.63) is 194 Å². The molecule has 0 amide bonds. The van der Waals surface area contributed by atoms with Gasteiger partial charge in [-0.3, -0.25) is 0 Å². The van der Waals surface area contributed by atoms with Crippen molar-refractivity contribution in [1.29, 1.82) is 0 Å². The third-order valence-corrected chi connectivity index (χ3v) is 10.7. The van der Waals surface area contributed by atoms with Crippen LogP contribution in [0.3, 0.4) is 0 Å². The van der Waals surface area contributed by atoms with Gasteiger partial charge in [-0.1, -0.05) is 164 Å². The molecule has 0 saturated heterocycles. The molecule has 0 aliphatic rings. The van der Waals surface area contributed by atoms with E-state index in [1.165, 1.54) is 0 Å². The van der Waals surface area contributed by atoms with Crippen molar-refractivity contribution in [2.45, 2.75) is 0 Å². The first-order valence-electron chi connectivity index (χ1n) is 18.8. The summed E-state index contributed by atoms with van der Waals surface area (Å²) >= 11 is 0. The Morgan fingerprint density at radius 2 is 0.875 bits per heavy atom. The molecule has 262 valence electrons. The van der Waals surface area contributed by atoms with E-state index in [2.05, 4.69) is 156 Å². The molecule has 3 heterocycles. The fraction of sp³-hybridized carbons (Fsp3) is 0. The second-order valence-electron chi connectivity index (χ2n) is 14.0. The number of hydrogen-bond donors (Lipinski definition) is 0. The van der Waals surface area contributed by atoms with Crippen molar-refractivity contribution in [3.63, 3.8) is 0 Å². The zero-order chi connectivity index (χ0) is 37.0. The van der Waals surface area contributed by atoms with Gasteiger partial charge in [-0.05, 0) is 47.0 Å². The number of furan rings is 1. The lowest BCUT2D eigenvalue weighted by Crippen LogP contribution is -2.03. The van der Waals surface area contributed by atoms with Gasteiger partial charge in [0.25, 0.3) is 0 Å². The van der Waals surface area contributed by atoms with E-state index in [1.807, 2.05) is 42.5 Å². The number of rotatable bonds is 6. The van der Waals surface area contributed by atoms with Gasteiger partial charge < -0.3 is 8.98 Å². The Balaban J connectivity index is 1.13. The van der Waals surface area contributed by atoms with E-state index in [1.54, 1.807) is 0 Å². The molecule has 0 unspecified atom stereocenters. The lowest BCUT2D eigenvalue weighted by atomic mass is 10.0. The van der Waals surface area contributed by atoms with Crippen LogP contribution in [-0.2, 0) is 0 Å². The predicted molar refractivity (Wildman–Crippen MR) is 229 cm³/mol. The van der Waals surface area contributed by atoms with Gasteiger partial charge in [-0.15, -0.1) is 0 Å². The molecule has 5 heteroatoms. The molecule has 8 aromatic carbocycles. The minimum atomic E-state index is 0.602. The highest BCUT2D eigenvalue weighted by Gasteiger charge is 2.21. The van der Waals surface area contributed by atoms with Crippen LogP contribution in [0.25, 0.3) is 106 Å². The minimum absolute atomic E-state index is 0.602. The van der Waals surface area contributed by atoms with Gasteiger partial charge in [0.2, 0.25) is 0 Å². The Kier molecular flexibility index (Phi) is 7.42. The van der Waals surface area contributed by atoms with Crippen LogP contribution in [0.5, 0.6) is 0 Å². The zero-order valence-electron chi connectivity index (χ0n) is 30.2. The molecule has 56 heavy (non-hydrogen) atoms. The van der Waals surface area contributed by atoms with Gasteiger partial charge in [0, 0.05) is 43.8 Å². The van der Waals surface area contributed by atoms with Gasteiger partial charge in [0.1, 0.15) is 11.2 Å². The van der Waals surface area contributed by atoms with E-state index in [-0.39, 0.29) is 0 Å². The zero-order valence-corrected chi connectivity index (χ0v) is 30.2. The molecule has 0 radical (unpaired) electrons. The quantitative estimate of drug-likeness (QED) is 0.172. The Labute approximate surface area is 322 Å². The topological polar surface area (TPSA) is 56.7 Å². The molecule has 0 spiro atoms. The van der Waals surface area contributed by atoms with E-state index in [9.17, 15) is 0 Å². The lowest BCUT2D eigenvalue weighted by molar-refractivity contribution is 0.670. The highest BCUT2D eigenvalue weighted by Crippen LogP contribution is 2.42. The second-order valence-corrected chi connectivity index (χ2v) is 14.0. The number of aromatic nitrogens is 4. The molecule has 0 N–H and O–H groups in total. The van der Waals surface area contributed by atoms with Crippen LogP contribution < -0.4 is 0 Å². The average Bonchev–Trinajstić information content (AvgIpc) is 3.81. The van der Waals surface area contributed by atoms with Crippen LogP contribution in [0.15, 0.2) is 199 Å². The Morgan fingerprint density at radius 3 is 1.62 bits per heavy atom. The van der Waals surface area contributed by atoms with Crippen LogP contribution in [0, 0.1) is 0 Å². The van der Waals surface area contributed by atoms with Gasteiger partial charge in [-0.25, -0.2) is 15.0 Å². The third-order valence-electron chi connectivity index (χ3n) is 10.7. The van der Waals surface area contributed by atoms with E-state index >= 15 is 0 Å². The normalized spacial score (nSPS) is 11.6. The summed E-state index contributed by atoms with van der Waals surface area (Å²) in [6.07, 6.45) is 0. The van der Waals surface area contributed by atoms with Crippen LogP contribution in [0.1, 0.15) is 0 Å². The fourth-order valence-corrected chi connectivity index (χ4v) is 8.01. The molecule has 11 aromatic rings. The van der Waals surface area contributed by atoms with Gasteiger partial charge >= 0.3 is 0 Å². The van der Waals surface area contributed by atoms with Gasteiger partial charge in [-0.2, -0.15) is 0 Å². The predicted octanol–water partition coefficient (Wildman–Crippen LogP) is 13.2. The van der Waals surface area contributed by atoms with Crippen molar-refractivity contribution in [3.8, 4) is 62.1 Å². The summed E-state index contributed by atoms with van der Waals surface area (Å²) < 4.78 is 9.06. The van der Waals surface area contributed by atoms with Crippen LogP contribution >= 0.6 is 0 Å². The number of nitrogens with zero attached hydrogens (tertiary/aromatic N) is 4. The number of para-hydroxylation sites is 3. The van der Waals surface area contributed by atoms with Crippen molar-refractivity contribution >= 4 is 43.7 Å². The molecule has 11 rings (SSSR count). The van der Waals surface area contributed by atoms with Gasteiger partial charge in [0.05, 0.1) is 16.7 Å². The molecule has 3 aromatic heterocycles. The Bertz CT molecular complexity index is 3220. The van der Waals surface area contributed by atoms with Crippen LogP contribution in [0.4, 0.5) is 0 Å². The van der Waals surface area contributed by atoms with Crippen LogP contribution in [-0.4, -0.2) is 19.5 Å². The highest BCUT2D eigenvalue weighted by molar-refractivity contribution is 6.18. The molecule has 0 aliphatic heterocycles. The summed E-state index contributed by atoms with van der Waals surface area (Å²) in [6.45, 7) is 0. The molecular weight excluding hydrogens is 685 g/mol. The standard InChI is InChI=1S/C51H32N4O/c1-4-15-33(16-5-1)34-27-29-37(30-28-34)50-52-49(36-19-8-3-9-20-36)53-51(54-50)41-22-11-13-26-45(41)55-44-25-12-10-21-39(44)42-32-47-43(31-46(42)55)40-24-14-23-38(48(40)56-47)35-17-6-2-7-18-35/h1-32H. The highest BCUT2D eigenvalue weighted by atomic mass is 16.3. The monoisotopic (exact) mass is 716 g/mol. The SMILES string of the molecule is c1ccc(-c2ccc(-c3nc(-c4ccccc4)nc(-c4ccccc4-n4c5ccccc5c5cc6oc7c(-c8ccccc8)cccc7c6cc54)n3)cc2)cc1. The third kappa shape index (κ3) is 5.29. The average molecular weight is 717 g/mol. The summed E-state index contributed by atoms with van der Waals surface area (Å²) in [4.78, 5) is 15.4. The Morgan fingerprint density at radius 1 is 0.339 bits per heavy atom. The molecule has 5 nitrogen and oxygen atoms in total. The molecular formula is C51H32N4O. The maximum Gasteiger partial charge on any atom is 0.166 e. The number of hydrogen-bond acceptors (Lipinski definition) is 4. The van der Waals surface area contributed by atoms with Crippen LogP contribution in [0.2, 0.25) is 0 Å². The summed E-state index contributed by atoms with van der Waals surface area (Å²) in [7, 11) is 0. The fourth-order valence-electron chi connectivity index (χ4n) is 8.01. The summed E-state index contributed by atoms with van der Waals surface area (Å²) in [5.41, 5.74) is 12.2. The van der Waals surface area contributed by atoms with Crippen molar-refractivity contribution < 1.29 is 4.42 Å². The summed E-state index contributed by atoms with van der Waals surface area (Å²) in [6, 6.07) is 67.3. The smallest absolute Gasteiger partial charge is 0.166 e. The summed E-state index contributed by atoms with van der Waals surface area (Å²) in [5.74, 6) is 1.84. The molecule has 0 aliphatic carbocycles. The summed E-state index contributed by atoms with van der Waals surface area (Å²) in [5, 5.41) is 4.41. The molecule has 0 fully saturated rings. The second kappa shape index (κ2) is 13.0. The molecule has 0 bridgehead atoms. The minimum Gasteiger partial charge on any atom is -0.455 e. The van der Waals surface area contributed by atoms with E-state index in [0.29, 0.717) is 17.5 Å². The molecule has 0 saturated carbocycles. The first-order valence-corrected chi connectivity index (χ1v) is 18.8. The maximum absolute atomic E-state index is 6.71. The Hall–Kier alpha value is -7.63. The van der Waals surface area contributed by atoms with Gasteiger partial charge in [0.15, 0.2) is 17.5 Å². The lowest BCUT2D eigenvalue weighted by Gasteiger charge is -2.14. The number of fused-ring (bicyclic) bond motifs is 6. The molecule has 0 atom stereocenters. The van der Waals surface area contributed by atoms with E-state index in [4.69, 9.17) is 19.4 Å². The first kappa shape index (κ1) is 31.9. The van der Waals surface area contributed by atoms with Crippen molar-refractivity contribution in [2.24, 2.45) is 0 Å². The maximum atomic E-state index is 6.71. The van der Waals surface area contributed by atoms with E-state index in [0.717, 1.165) is 88.4 Å². The van der Waals surface area contributed by atoms with E-state index < -0.39 is 0 Å². The largest absolute Gasteiger partial charge is 0.455 e. The number of benzene rings is 8.